The van der Waals surface area contributed by atoms with Crippen molar-refractivity contribution >= 4 is 27.7 Å². The number of unbranched alkanes of at least 4 members (excludes halogenated alkanes) is 1. The number of hydrogen-bond donors (Lipinski definition) is 0. The zero-order valence-electron chi connectivity index (χ0n) is 9.03. The topological polar surface area (TPSA) is 43.4 Å². The maximum Gasteiger partial charge on any atom is 0.379 e. The summed E-state index contributed by atoms with van der Waals surface area (Å²) in [4.78, 5) is 22.9. The van der Waals surface area contributed by atoms with Crippen molar-refractivity contribution in [2.45, 2.75) is 19.8 Å². The first-order valence-corrected chi connectivity index (χ1v) is 5.91. The summed E-state index contributed by atoms with van der Waals surface area (Å²) in [5.41, 5.74) is 0.352. The van der Waals surface area contributed by atoms with E-state index >= 15 is 0 Å². The van der Waals surface area contributed by atoms with E-state index in [-0.39, 0.29) is 0 Å². The van der Waals surface area contributed by atoms with Crippen molar-refractivity contribution in [1.82, 2.24) is 0 Å². The number of ketones is 1. The molecule has 0 aliphatic heterocycles. The Labute approximate surface area is 103 Å². The van der Waals surface area contributed by atoms with Gasteiger partial charge in [-0.15, -0.1) is 0 Å². The van der Waals surface area contributed by atoms with Gasteiger partial charge in [0.25, 0.3) is 5.78 Å². The molecule has 1 aromatic carbocycles. The van der Waals surface area contributed by atoms with Crippen LogP contribution in [0.5, 0.6) is 0 Å². The molecule has 0 spiro atoms. The van der Waals surface area contributed by atoms with Crippen LogP contribution in [0, 0.1) is 0 Å². The predicted molar refractivity (Wildman–Crippen MR) is 64.3 cm³/mol. The zero-order valence-corrected chi connectivity index (χ0v) is 10.6. The number of Topliss-reactive ketones (excluding diaryl/α,β-unsaturated/α-hetero) is 1. The summed E-state index contributed by atoms with van der Waals surface area (Å²) in [5.74, 6) is -1.38. The molecule has 1 aromatic rings. The fourth-order valence-electron chi connectivity index (χ4n) is 1.09. The quantitative estimate of drug-likeness (QED) is 0.361. The number of halogens is 1. The molecule has 16 heavy (non-hydrogen) atoms. The molecule has 0 aliphatic rings. The molecule has 0 heterocycles. The highest BCUT2D eigenvalue weighted by atomic mass is 79.9. The van der Waals surface area contributed by atoms with Crippen LogP contribution in [-0.4, -0.2) is 18.4 Å². The maximum absolute atomic E-state index is 11.6. The van der Waals surface area contributed by atoms with E-state index in [1.807, 2.05) is 6.92 Å². The van der Waals surface area contributed by atoms with Crippen LogP contribution in [0.15, 0.2) is 28.7 Å². The Hall–Kier alpha value is -1.16. The van der Waals surface area contributed by atoms with Crippen molar-refractivity contribution in [3.05, 3.63) is 34.3 Å². The second-order valence-corrected chi connectivity index (χ2v) is 4.24. The SMILES string of the molecule is CCCCOC(=O)C(=O)c1ccc(Br)cc1. The van der Waals surface area contributed by atoms with E-state index in [9.17, 15) is 9.59 Å². The summed E-state index contributed by atoms with van der Waals surface area (Å²) in [6, 6.07) is 6.61. The standard InChI is InChI=1S/C12H13BrO3/c1-2-3-8-16-12(15)11(14)9-4-6-10(13)7-5-9/h4-7H,2-3,8H2,1H3. The molecule has 0 amide bonds. The number of ether oxygens (including phenoxy) is 1. The van der Waals surface area contributed by atoms with Gasteiger partial charge in [0.1, 0.15) is 0 Å². The van der Waals surface area contributed by atoms with Crippen molar-refractivity contribution in [3.63, 3.8) is 0 Å². The Balaban J connectivity index is 2.57. The fourth-order valence-corrected chi connectivity index (χ4v) is 1.36. The van der Waals surface area contributed by atoms with Gasteiger partial charge in [-0.25, -0.2) is 4.79 Å². The second kappa shape index (κ2) is 6.43. The van der Waals surface area contributed by atoms with Crippen LogP contribution in [-0.2, 0) is 9.53 Å². The van der Waals surface area contributed by atoms with Gasteiger partial charge in [-0.2, -0.15) is 0 Å². The fraction of sp³-hybridized carbons (Fsp3) is 0.333. The molecule has 0 atom stereocenters. The van der Waals surface area contributed by atoms with Crippen molar-refractivity contribution in [1.29, 1.82) is 0 Å². The molecule has 86 valence electrons. The number of carbonyl (C=O) groups excluding carboxylic acids is 2. The Morgan fingerprint density at radius 3 is 2.44 bits per heavy atom. The van der Waals surface area contributed by atoms with Gasteiger partial charge in [-0.1, -0.05) is 29.3 Å². The van der Waals surface area contributed by atoms with Gasteiger partial charge in [-0.3, -0.25) is 4.79 Å². The molecule has 3 nitrogen and oxygen atoms in total. The van der Waals surface area contributed by atoms with Crippen LogP contribution in [0.25, 0.3) is 0 Å². The van der Waals surface area contributed by atoms with Gasteiger partial charge in [-0.05, 0) is 30.7 Å². The summed E-state index contributed by atoms with van der Waals surface area (Å²) in [7, 11) is 0. The lowest BCUT2D eigenvalue weighted by atomic mass is 10.1. The Morgan fingerprint density at radius 2 is 1.88 bits per heavy atom. The summed E-state index contributed by atoms with van der Waals surface area (Å²) in [6.45, 7) is 2.29. The highest BCUT2D eigenvalue weighted by Gasteiger charge is 2.17. The lowest BCUT2D eigenvalue weighted by Gasteiger charge is -2.02. The molecule has 0 fully saturated rings. The van der Waals surface area contributed by atoms with Crippen molar-refractivity contribution in [2.75, 3.05) is 6.61 Å². The first kappa shape index (κ1) is 12.9. The smallest absolute Gasteiger partial charge is 0.379 e. The van der Waals surface area contributed by atoms with E-state index in [2.05, 4.69) is 15.9 Å². The lowest BCUT2D eigenvalue weighted by Crippen LogP contribution is -2.18. The molecule has 1 rings (SSSR count). The van der Waals surface area contributed by atoms with Crippen LogP contribution >= 0.6 is 15.9 Å². The minimum Gasteiger partial charge on any atom is -0.460 e. The van der Waals surface area contributed by atoms with Crippen molar-refractivity contribution in [2.24, 2.45) is 0 Å². The molecule has 0 saturated carbocycles. The van der Waals surface area contributed by atoms with Gasteiger partial charge in [0.05, 0.1) is 6.61 Å². The van der Waals surface area contributed by atoms with Crippen LogP contribution < -0.4 is 0 Å². The predicted octanol–water partition coefficient (Wildman–Crippen LogP) is 2.98. The highest BCUT2D eigenvalue weighted by Crippen LogP contribution is 2.11. The summed E-state index contributed by atoms with van der Waals surface area (Å²) in [6.07, 6.45) is 1.71. The summed E-state index contributed by atoms with van der Waals surface area (Å²) in [5, 5.41) is 0. The molecule has 0 aromatic heterocycles. The molecule has 0 aliphatic carbocycles. The minimum atomic E-state index is -0.782. The Bertz CT molecular complexity index is 370. The first-order chi connectivity index (χ1) is 7.65. The number of hydrogen-bond acceptors (Lipinski definition) is 3. The zero-order chi connectivity index (χ0) is 12.0. The van der Waals surface area contributed by atoms with Crippen LogP contribution in [0.4, 0.5) is 0 Å². The average molecular weight is 285 g/mol. The molecule has 0 unspecified atom stereocenters. The Kier molecular flexibility index (Phi) is 5.19. The molecule has 4 heteroatoms. The van der Waals surface area contributed by atoms with E-state index in [0.29, 0.717) is 12.2 Å². The highest BCUT2D eigenvalue weighted by molar-refractivity contribution is 9.10. The normalized spacial score (nSPS) is 9.88. The van der Waals surface area contributed by atoms with Gasteiger partial charge < -0.3 is 4.74 Å². The first-order valence-electron chi connectivity index (χ1n) is 5.12. The number of benzene rings is 1. The van der Waals surface area contributed by atoms with Crippen LogP contribution in [0.3, 0.4) is 0 Å². The second-order valence-electron chi connectivity index (χ2n) is 3.33. The van der Waals surface area contributed by atoms with E-state index in [1.165, 1.54) is 0 Å². The van der Waals surface area contributed by atoms with E-state index in [1.54, 1.807) is 24.3 Å². The van der Waals surface area contributed by atoms with E-state index in [0.717, 1.165) is 17.3 Å². The number of rotatable bonds is 5. The third-order valence-corrected chi connectivity index (χ3v) is 2.55. The van der Waals surface area contributed by atoms with Crippen molar-refractivity contribution in [3.8, 4) is 0 Å². The third-order valence-electron chi connectivity index (χ3n) is 2.02. The average Bonchev–Trinajstić information content (AvgIpc) is 2.29. The molecular formula is C12H13BrO3. The third kappa shape index (κ3) is 3.77. The van der Waals surface area contributed by atoms with Crippen LogP contribution in [0.1, 0.15) is 30.1 Å². The van der Waals surface area contributed by atoms with Gasteiger partial charge >= 0.3 is 5.97 Å². The maximum atomic E-state index is 11.6. The van der Waals surface area contributed by atoms with E-state index in [4.69, 9.17) is 4.74 Å². The summed E-state index contributed by atoms with van der Waals surface area (Å²) >= 11 is 3.26. The van der Waals surface area contributed by atoms with Gasteiger partial charge in [0.2, 0.25) is 0 Å². The van der Waals surface area contributed by atoms with Gasteiger partial charge in [0.15, 0.2) is 0 Å². The molecule has 0 saturated heterocycles. The molecule has 0 N–H and O–H groups in total. The summed E-state index contributed by atoms with van der Waals surface area (Å²) < 4.78 is 5.69. The minimum absolute atomic E-state index is 0.303. The van der Waals surface area contributed by atoms with Crippen molar-refractivity contribution < 1.29 is 14.3 Å². The number of esters is 1. The molecule has 0 radical (unpaired) electrons. The Morgan fingerprint density at radius 1 is 1.25 bits per heavy atom. The largest absolute Gasteiger partial charge is 0.460 e. The van der Waals surface area contributed by atoms with Gasteiger partial charge in [0, 0.05) is 10.0 Å². The number of carbonyl (C=O) groups is 2. The monoisotopic (exact) mass is 284 g/mol. The lowest BCUT2D eigenvalue weighted by molar-refractivity contribution is -0.138. The van der Waals surface area contributed by atoms with E-state index < -0.39 is 11.8 Å². The molecular weight excluding hydrogens is 272 g/mol. The molecule has 0 bridgehead atoms. The van der Waals surface area contributed by atoms with Crippen LogP contribution in [0.2, 0.25) is 0 Å².